The van der Waals surface area contributed by atoms with E-state index in [2.05, 4.69) is 0 Å². The van der Waals surface area contributed by atoms with Crippen LogP contribution in [0.1, 0.15) is 40.0 Å². The van der Waals surface area contributed by atoms with Crippen molar-refractivity contribution in [3.8, 4) is 0 Å². The lowest BCUT2D eigenvalue weighted by molar-refractivity contribution is -0.138. The molecule has 0 rings (SSSR count). The molecule has 1 nitrogen and oxygen atoms in total. The number of rotatable bonds is 4. The van der Waals surface area contributed by atoms with Crippen molar-refractivity contribution in [2.24, 2.45) is 5.92 Å². The molecule has 0 spiro atoms. The summed E-state index contributed by atoms with van der Waals surface area (Å²) in [6.07, 6.45) is -4.72. The molecule has 0 saturated heterocycles. The van der Waals surface area contributed by atoms with Gasteiger partial charge in [-0.05, 0) is 25.7 Å². The molecule has 0 aliphatic rings. The van der Waals surface area contributed by atoms with Crippen LogP contribution in [0.5, 0.6) is 0 Å². The van der Waals surface area contributed by atoms with Gasteiger partial charge in [-0.1, -0.05) is 13.8 Å². The average Bonchev–Trinajstić information content (AvgIpc) is 1.82. The first-order valence-corrected chi connectivity index (χ1v) is 4.44. The molecule has 4 heteroatoms. The summed E-state index contributed by atoms with van der Waals surface area (Å²) in [5.74, 6) is -0.0132. The van der Waals surface area contributed by atoms with Crippen LogP contribution in [0.4, 0.5) is 13.2 Å². The van der Waals surface area contributed by atoms with Crippen molar-refractivity contribution in [3.63, 3.8) is 0 Å². The minimum atomic E-state index is -4.10. The first-order valence-electron chi connectivity index (χ1n) is 4.44. The number of alkyl halides is 3. The highest BCUT2D eigenvalue weighted by Gasteiger charge is 2.30. The van der Waals surface area contributed by atoms with Crippen molar-refractivity contribution >= 4 is 0 Å². The number of halogens is 3. The van der Waals surface area contributed by atoms with Crippen molar-refractivity contribution in [2.45, 2.75) is 51.8 Å². The van der Waals surface area contributed by atoms with E-state index in [0.29, 0.717) is 0 Å². The second-order valence-corrected chi connectivity index (χ2v) is 3.98. The highest BCUT2D eigenvalue weighted by molar-refractivity contribution is 4.76. The fourth-order valence-electron chi connectivity index (χ4n) is 0.935. The highest BCUT2D eigenvalue weighted by Crippen LogP contribution is 2.27. The predicted molar refractivity (Wildman–Crippen MR) is 45.4 cm³/mol. The van der Waals surface area contributed by atoms with E-state index in [1.54, 1.807) is 20.8 Å². The average molecular weight is 198 g/mol. The summed E-state index contributed by atoms with van der Waals surface area (Å²) >= 11 is 0. The van der Waals surface area contributed by atoms with Crippen LogP contribution in [0, 0.1) is 5.92 Å². The molecule has 0 saturated carbocycles. The quantitative estimate of drug-likeness (QED) is 0.735. The normalized spacial score (nSPS) is 17.5. The van der Waals surface area contributed by atoms with Crippen molar-refractivity contribution < 1.29 is 18.3 Å². The van der Waals surface area contributed by atoms with Gasteiger partial charge in [-0.25, -0.2) is 0 Å². The van der Waals surface area contributed by atoms with Gasteiger partial charge in [0.2, 0.25) is 0 Å². The lowest BCUT2D eigenvalue weighted by atomic mass is 9.87. The Labute approximate surface area is 76.9 Å². The van der Waals surface area contributed by atoms with E-state index >= 15 is 0 Å². The first-order chi connectivity index (χ1) is 5.65. The Morgan fingerprint density at radius 1 is 1.15 bits per heavy atom. The fourth-order valence-corrected chi connectivity index (χ4v) is 0.935. The minimum absolute atomic E-state index is 0.00528. The largest absolute Gasteiger partial charge is 0.390 e. The van der Waals surface area contributed by atoms with Gasteiger partial charge >= 0.3 is 6.18 Å². The Hall–Kier alpha value is -0.250. The van der Waals surface area contributed by atoms with Gasteiger partial charge < -0.3 is 5.11 Å². The van der Waals surface area contributed by atoms with E-state index in [1.165, 1.54) is 0 Å². The Balaban J connectivity index is 3.77. The van der Waals surface area contributed by atoms with Crippen LogP contribution in [0.2, 0.25) is 0 Å². The predicted octanol–water partition coefficient (Wildman–Crippen LogP) is 3.13. The molecule has 80 valence electrons. The van der Waals surface area contributed by atoms with Crippen LogP contribution in [-0.4, -0.2) is 16.9 Å². The van der Waals surface area contributed by atoms with Crippen molar-refractivity contribution in [3.05, 3.63) is 0 Å². The van der Waals surface area contributed by atoms with Gasteiger partial charge in [-0.2, -0.15) is 13.2 Å². The number of hydrogen-bond acceptors (Lipinski definition) is 1. The van der Waals surface area contributed by atoms with Crippen molar-refractivity contribution in [1.29, 1.82) is 0 Å². The summed E-state index contributed by atoms with van der Waals surface area (Å²) in [6, 6.07) is 0. The maximum Gasteiger partial charge on any atom is 0.389 e. The summed E-state index contributed by atoms with van der Waals surface area (Å²) in [4.78, 5) is 0. The molecule has 0 bridgehead atoms. The topological polar surface area (TPSA) is 20.2 Å². The monoisotopic (exact) mass is 198 g/mol. The zero-order valence-corrected chi connectivity index (χ0v) is 8.28. The Morgan fingerprint density at radius 2 is 1.62 bits per heavy atom. The highest BCUT2D eigenvalue weighted by atomic mass is 19.4. The fraction of sp³-hybridized carbons (Fsp3) is 1.00. The maximum absolute atomic E-state index is 11.8. The van der Waals surface area contributed by atoms with Gasteiger partial charge in [0, 0.05) is 6.42 Å². The van der Waals surface area contributed by atoms with E-state index in [1.807, 2.05) is 0 Å². The van der Waals surface area contributed by atoms with Crippen LogP contribution in [-0.2, 0) is 0 Å². The van der Waals surface area contributed by atoms with Crippen LogP contribution < -0.4 is 0 Å². The summed E-state index contributed by atoms with van der Waals surface area (Å²) in [5.41, 5.74) is -0.981. The van der Waals surface area contributed by atoms with Crippen LogP contribution >= 0.6 is 0 Å². The summed E-state index contributed by atoms with van der Waals surface area (Å²) < 4.78 is 35.3. The van der Waals surface area contributed by atoms with Gasteiger partial charge in [-0.3, -0.25) is 0 Å². The Kier molecular flexibility index (Phi) is 4.23. The van der Waals surface area contributed by atoms with Crippen molar-refractivity contribution in [1.82, 2.24) is 0 Å². The number of hydrogen-bond donors (Lipinski definition) is 1. The second-order valence-electron chi connectivity index (χ2n) is 3.98. The summed E-state index contributed by atoms with van der Waals surface area (Å²) in [7, 11) is 0. The lowest BCUT2D eigenvalue weighted by Crippen LogP contribution is -2.31. The molecule has 0 aliphatic carbocycles. The Morgan fingerprint density at radius 3 is 1.92 bits per heavy atom. The molecule has 0 aromatic rings. The molecular weight excluding hydrogens is 181 g/mol. The van der Waals surface area contributed by atoms with Crippen LogP contribution in [0.3, 0.4) is 0 Å². The third-order valence-corrected chi connectivity index (χ3v) is 2.39. The molecule has 13 heavy (non-hydrogen) atoms. The van der Waals surface area contributed by atoms with Gasteiger partial charge in [0.25, 0.3) is 0 Å². The number of aliphatic hydroxyl groups is 1. The van der Waals surface area contributed by atoms with Crippen molar-refractivity contribution in [2.75, 3.05) is 0 Å². The molecule has 1 unspecified atom stereocenters. The van der Waals surface area contributed by atoms with Gasteiger partial charge in [0.05, 0.1) is 5.60 Å². The Bertz CT molecular complexity index is 149. The smallest absolute Gasteiger partial charge is 0.389 e. The second kappa shape index (κ2) is 4.31. The van der Waals surface area contributed by atoms with Gasteiger partial charge in [-0.15, -0.1) is 0 Å². The van der Waals surface area contributed by atoms with E-state index in [-0.39, 0.29) is 18.8 Å². The van der Waals surface area contributed by atoms with Crippen LogP contribution in [0.15, 0.2) is 0 Å². The molecule has 0 aliphatic heterocycles. The van der Waals surface area contributed by atoms with E-state index in [0.717, 1.165) is 0 Å². The molecule has 0 amide bonds. The van der Waals surface area contributed by atoms with E-state index in [9.17, 15) is 18.3 Å². The third kappa shape index (κ3) is 5.91. The molecule has 0 aromatic carbocycles. The zero-order valence-electron chi connectivity index (χ0n) is 8.28. The molecular formula is C9H17F3O. The first kappa shape index (κ1) is 12.8. The molecule has 0 radical (unpaired) electrons. The zero-order chi connectivity index (χ0) is 10.7. The van der Waals surface area contributed by atoms with E-state index < -0.39 is 18.2 Å². The van der Waals surface area contributed by atoms with Crippen LogP contribution in [0.25, 0.3) is 0 Å². The lowest BCUT2D eigenvalue weighted by Gasteiger charge is -2.27. The summed E-state index contributed by atoms with van der Waals surface area (Å²) in [6.45, 7) is 5.18. The van der Waals surface area contributed by atoms with Gasteiger partial charge in [0.1, 0.15) is 0 Å². The standard InChI is InChI=1S/C9H17F3O/c1-7(2)8(3,13)5-4-6-9(10,11)12/h7,13H,4-6H2,1-3H3. The molecule has 0 fully saturated rings. The molecule has 0 aromatic heterocycles. The molecule has 0 heterocycles. The SMILES string of the molecule is CC(C)C(C)(O)CCCC(F)(F)F. The van der Waals surface area contributed by atoms with E-state index in [4.69, 9.17) is 0 Å². The third-order valence-electron chi connectivity index (χ3n) is 2.39. The summed E-state index contributed by atoms with van der Waals surface area (Å²) in [5, 5.41) is 9.62. The minimum Gasteiger partial charge on any atom is -0.390 e. The molecule has 1 atom stereocenters. The molecule has 1 N–H and O–H groups in total. The maximum atomic E-state index is 11.8. The van der Waals surface area contributed by atoms with Gasteiger partial charge in [0.15, 0.2) is 0 Å².